The van der Waals surface area contributed by atoms with Crippen LogP contribution in [0.5, 0.6) is 5.75 Å². The number of aryl methyl sites for hydroxylation is 2. The Hall–Kier alpha value is -3.30. The number of carboxylic acids is 1. The van der Waals surface area contributed by atoms with Crippen molar-refractivity contribution >= 4 is 29.1 Å². The van der Waals surface area contributed by atoms with Crippen LogP contribution in [0.4, 0.5) is 13.2 Å². The monoisotopic (exact) mass is 529 g/mol. The van der Waals surface area contributed by atoms with Crippen molar-refractivity contribution in [1.82, 2.24) is 4.98 Å². The molecular formula is C27H22F3NO3S2. The van der Waals surface area contributed by atoms with Crippen molar-refractivity contribution < 1.29 is 27.8 Å². The van der Waals surface area contributed by atoms with Crippen molar-refractivity contribution in [2.75, 3.05) is 6.61 Å². The third-order valence-electron chi connectivity index (χ3n) is 5.44. The summed E-state index contributed by atoms with van der Waals surface area (Å²) >= 11 is 3.27. The van der Waals surface area contributed by atoms with Crippen LogP contribution < -0.4 is 4.74 Å². The smallest absolute Gasteiger partial charge is 0.416 e. The molecule has 4 aromatic rings. The summed E-state index contributed by atoms with van der Waals surface area (Å²) < 4.78 is 43.7. The van der Waals surface area contributed by atoms with Gasteiger partial charge in [-0.2, -0.15) is 13.2 Å². The van der Waals surface area contributed by atoms with Gasteiger partial charge in [0, 0.05) is 21.1 Å². The van der Waals surface area contributed by atoms with Crippen LogP contribution in [0.15, 0.2) is 71.6 Å². The van der Waals surface area contributed by atoms with Crippen LogP contribution in [0.3, 0.4) is 0 Å². The zero-order valence-electron chi connectivity index (χ0n) is 19.4. The molecule has 0 amide bonds. The molecule has 0 aliphatic carbocycles. The molecule has 3 aromatic carbocycles. The summed E-state index contributed by atoms with van der Waals surface area (Å²) in [6.45, 7) is 3.48. The van der Waals surface area contributed by atoms with Crippen LogP contribution in [-0.2, 0) is 16.7 Å². The van der Waals surface area contributed by atoms with Crippen molar-refractivity contribution in [2.24, 2.45) is 0 Å². The molecule has 36 heavy (non-hydrogen) atoms. The summed E-state index contributed by atoms with van der Waals surface area (Å²) in [5.41, 5.74) is 3.66. The number of thiazole rings is 1. The third kappa shape index (κ3) is 6.27. The van der Waals surface area contributed by atoms with Crippen LogP contribution in [0.1, 0.15) is 21.7 Å². The van der Waals surface area contributed by atoms with Gasteiger partial charge < -0.3 is 9.84 Å². The SMILES string of the molecule is Cc1cc(SCc2sc(-c3ccc(-c4ccc(C(F)(F)F)cc4)cc3)nc2C)ccc1OCC(=O)O. The highest BCUT2D eigenvalue weighted by atomic mass is 32.2. The molecule has 0 radical (unpaired) electrons. The quantitative estimate of drug-likeness (QED) is 0.235. The molecule has 1 aromatic heterocycles. The molecule has 4 rings (SSSR count). The molecule has 0 bridgehead atoms. The van der Waals surface area contributed by atoms with E-state index in [1.54, 1.807) is 29.2 Å². The molecule has 0 fully saturated rings. The largest absolute Gasteiger partial charge is 0.482 e. The van der Waals surface area contributed by atoms with Gasteiger partial charge in [0.2, 0.25) is 0 Å². The van der Waals surface area contributed by atoms with Crippen LogP contribution in [0.25, 0.3) is 21.7 Å². The second-order valence-corrected chi connectivity index (χ2v) is 10.2. The van der Waals surface area contributed by atoms with Crippen molar-refractivity contribution in [1.29, 1.82) is 0 Å². The fraction of sp³-hybridized carbons (Fsp3) is 0.185. The maximum absolute atomic E-state index is 12.8. The molecule has 1 N–H and O–H groups in total. The van der Waals surface area contributed by atoms with Gasteiger partial charge >= 0.3 is 12.1 Å². The third-order valence-corrected chi connectivity index (χ3v) is 7.85. The number of halogens is 3. The van der Waals surface area contributed by atoms with E-state index in [1.807, 2.05) is 50.2 Å². The summed E-state index contributed by atoms with van der Waals surface area (Å²) in [7, 11) is 0. The van der Waals surface area contributed by atoms with Gasteiger partial charge in [-0.3, -0.25) is 0 Å². The number of hydrogen-bond donors (Lipinski definition) is 1. The maximum atomic E-state index is 12.8. The van der Waals surface area contributed by atoms with Crippen molar-refractivity contribution in [3.05, 3.63) is 88.4 Å². The molecule has 186 valence electrons. The number of benzene rings is 3. The molecule has 0 spiro atoms. The van der Waals surface area contributed by atoms with Gasteiger partial charge in [0.25, 0.3) is 0 Å². The van der Waals surface area contributed by atoms with Crippen molar-refractivity contribution in [2.45, 2.75) is 30.7 Å². The summed E-state index contributed by atoms with van der Waals surface area (Å²) in [6.07, 6.45) is -4.35. The number of carbonyl (C=O) groups is 1. The van der Waals surface area contributed by atoms with E-state index in [0.717, 1.165) is 60.6 Å². The number of hydrogen-bond acceptors (Lipinski definition) is 5. The Bertz CT molecular complexity index is 1360. The predicted octanol–water partition coefficient (Wildman–Crippen LogP) is 7.87. The van der Waals surface area contributed by atoms with E-state index >= 15 is 0 Å². The summed E-state index contributed by atoms with van der Waals surface area (Å²) in [5.74, 6) is 0.276. The molecule has 1 heterocycles. The highest BCUT2D eigenvalue weighted by Gasteiger charge is 2.29. The zero-order valence-corrected chi connectivity index (χ0v) is 21.1. The maximum Gasteiger partial charge on any atom is 0.416 e. The molecule has 9 heteroatoms. The Morgan fingerprint density at radius 2 is 1.58 bits per heavy atom. The van der Waals surface area contributed by atoms with Gasteiger partial charge in [-0.1, -0.05) is 36.4 Å². The van der Waals surface area contributed by atoms with Crippen LogP contribution in [-0.4, -0.2) is 22.7 Å². The van der Waals surface area contributed by atoms with Gasteiger partial charge in [0.1, 0.15) is 10.8 Å². The first-order valence-electron chi connectivity index (χ1n) is 10.9. The molecule has 0 saturated heterocycles. The fourth-order valence-corrected chi connectivity index (χ4v) is 5.71. The minimum Gasteiger partial charge on any atom is -0.482 e. The molecular weight excluding hydrogens is 507 g/mol. The van der Waals surface area contributed by atoms with E-state index in [4.69, 9.17) is 14.8 Å². The Morgan fingerprint density at radius 3 is 2.17 bits per heavy atom. The highest BCUT2D eigenvalue weighted by Crippen LogP contribution is 2.35. The van der Waals surface area contributed by atoms with Crippen LogP contribution >= 0.6 is 23.1 Å². The number of rotatable bonds is 8. The van der Waals surface area contributed by atoms with Gasteiger partial charge in [-0.05, 0) is 60.9 Å². The van der Waals surface area contributed by atoms with E-state index in [2.05, 4.69) is 0 Å². The van der Waals surface area contributed by atoms with Gasteiger partial charge in [0.05, 0.1) is 11.3 Å². The van der Waals surface area contributed by atoms with Crippen LogP contribution in [0, 0.1) is 13.8 Å². The second-order valence-electron chi connectivity index (χ2n) is 8.08. The lowest BCUT2D eigenvalue weighted by molar-refractivity contribution is -0.139. The number of aromatic nitrogens is 1. The lowest BCUT2D eigenvalue weighted by atomic mass is 10.0. The van der Waals surface area contributed by atoms with E-state index < -0.39 is 17.7 Å². The summed E-state index contributed by atoms with van der Waals surface area (Å²) in [6, 6.07) is 18.4. The van der Waals surface area contributed by atoms with Crippen molar-refractivity contribution in [3.63, 3.8) is 0 Å². The van der Waals surface area contributed by atoms with E-state index in [9.17, 15) is 18.0 Å². The zero-order chi connectivity index (χ0) is 25.9. The Balaban J connectivity index is 1.42. The fourth-order valence-electron chi connectivity index (χ4n) is 3.50. The second kappa shape index (κ2) is 10.8. The van der Waals surface area contributed by atoms with Crippen LogP contribution in [0.2, 0.25) is 0 Å². The lowest BCUT2D eigenvalue weighted by Crippen LogP contribution is -2.09. The number of ether oxygens (including phenoxy) is 1. The Labute approximate surface area is 214 Å². The van der Waals surface area contributed by atoms with Gasteiger partial charge in [0.15, 0.2) is 6.61 Å². The number of alkyl halides is 3. The summed E-state index contributed by atoms with van der Waals surface area (Å²) in [5, 5.41) is 9.66. The Morgan fingerprint density at radius 1 is 0.972 bits per heavy atom. The minimum atomic E-state index is -4.35. The van der Waals surface area contributed by atoms with Gasteiger partial charge in [-0.15, -0.1) is 23.1 Å². The number of nitrogens with zero attached hydrogens (tertiary/aromatic N) is 1. The first-order chi connectivity index (χ1) is 17.1. The topological polar surface area (TPSA) is 59.4 Å². The average molecular weight is 530 g/mol. The first kappa shape index (κ1) is 25.8. The van der Waals surface area contributed by atoms with E-state index in [0.29, 0.717) is 5.75 Å². The number of aliphatic carboxylic acids is 1. The van der Waals surface area contributed by atoms with E-state index in [1.165, 1.54) is 12.1 Å². The predicted molar refractivity (Wildman–Crippen MR) is 137 cm³/mol. The Kier molecular flexibility index (Phi) is 7.70. The average Bonchev–Trinajstić information content (AvgIpc) is 3.22. The lowest BCUT2D eigenvalue weighted by Gasteiger charge is -2.08. The molecule has 0 saturated carbocycles. The normalized spacial score (nSPS) is 11.5. The first-order valence-corrected chi connectivity index (χ1v) is 12.7. The van der Waals surface area contributed by atoms with E-state index in [-0.39, 0.29) is 6.61 Å². The molecule has 0 aliphatic heterocycles. The highest BCUT2D eigenvalue weighted by molar-refractivity contribution is 7.98. The van der Waals surface area contributed by atoms with Gasteiger partial charge in [-0.25, -0.2) is 9.78 Å². The number of thioether (sulfide) groups is 1. The minimum absolute atomic E-state index is 0.374. The molecule has 0 atom stereocenters. The molecule has 0 unspecified atom stereocenters. The summed E-state index contributed by atoms with van der Waals surface area (Å²) in [4.78, 5) is 17.6. The van der Waals surface area contributed by atoms with Crippen molar-refractivity contribution in [3.8, 4) is 27.4 Å². The number of carboxylic acid groups (broad SMARTS) is 1. The molecule has 0 aliphatic rings. The molecule has 4 nitrogen and oxygen atoms in total. The standard InChI is InChI=1S/C27H22F3NO3S2/c1-16-13-22(11-12-23(16)34-14-25(32)33)35-15-24-17(2)31-26(36-24)20-5-3-18(4-6-20)19-7-9-21(10-8-19)27(28,29)30/h3-13H,14-15H2,1-2H3,(H,32,33).